The van der Waals surface area contributed by atoms with Crippen molar-refractivity contribution >= 4 is 45.2 Å². The first-order valence-electron chi connectivity index (χ1n) is 21.5. The smallest absolute Gasteiger partial charge is 0.305 e. The van der Waals surface area contributed by atoms with Crippen molar-refractivity contribution in [2.75, 3.05) is 20.8 Å². The monoisotopic (exact) mass is 818 g/mol. The van der Waals surface area contributed by atoms with Crippen LogP contribution in [0, 0.1) is 13.8 Å². The number of fused-ring (bicyclic) bond motifs is 8. The number of hydrogen-bond acceptors (Lipinski definition) is 9. The highest BCUT2D eigenvalue weighted by molar-refractivity contribution is 5.97. The van der Waals surface area contributed by atoms with E-state index in [0.29, 0.717) is 54.0 Å². The zero-order valence-electron chi connectivity index (χ0n) is 36.9. The zero-order valence-corrected chi connectivity index (χ0v) is 36.9. The van der Waals surface area contributed by atoms with Gasteiger partial charge in [-0.2, -0.15) is 0 Å². The minimum Gasteiger partial charge on any atom is -0.494 e. The van der Waals surface area contributed by atoms with E-state index in [1.165, 1.54) is 33.5 Å². The van der Waals surface area contributed by atoms with Gasteiger partial charge in [-0.25, -0.2) is 4.98 Å². The number of aryl methyl sites for hydroxylation is 4. The van der Waals surface area contributed by atoms with Crippen LogP contribution >= 0.6 is 0 Å². The zero-order chi connectivity index (χ0) is 43.4. The van der Waals surface area contributed by atoms with Gasteiger partial charge in [-0.15, -0.1) is 0 Å². The van der Waals surface area contributed by atoms with E-state index < -0.39 is 11.2 Å². The Balaban J connectivity index is 1.70. The molecule has 8 bridgehead atoms. The maximum absolute atomic E-state index is 12.7. The summed E-state index contributed by atoms with van der Waals surface area (Å²) < 4.78 is 16.2. The first-order valence-corrected chi connectivity index (χ1v) is 21.5. The third kappa shape index (κ3) is 8.52. The predicted octanol–water partition coefficient (Wildman–Crippen LogP) is 10.0. The van der Waals surface area contributed by atoms with Crippen LogP contribution in [0.3, 0.4) is 0 Å². The maximum Gasteiger partial charge on any atom is 0.305 e. The van der Waals surface area contributed by atoms with E-state index in [-0.39, 0.29) is 31.2 Å². The summed E-state index contributed by atoms with van der Waals surface area (Å²) >= 11 is 0. The number of benzene rings is 1. The standard InChI is InChI=1S/C49H62N4O7/c1-10-13-14-15-16-25-60-33-19-17-32(18-20-33)45-46-31(6)34(11-2)39(52-46)26-37-29(4)35(21-23-43(54)58-8)40(50-37)27-41-36(22-24-44(55)59-9)30(5)38(51-41)28-42-49(57,12-3)48(7,56)47(45)53-42/h17-20,26-28,50-51,56-57H,10-16,21-25H2,1-9H3. The summed E-state index contributed by atoms with van der Waals surface area (Å²) in [7, 11) is 2.77. The van der Waals surface area contributed by atoms with Crippen LogP contribution in [0.4, 0.5) is 0 Å². The van der Waals surface area contributed by atoms with Gasteiger partial charge >= 0.3 is 11.9 Å². The van der Waals surface area contributed by atoms with Gasteiger partial charge in [0.2, 0.25) is 0 Å². The Hall–Kier alpha value is -5.26. The Labute approximate surface area is 353 Å². The summed E-state index contributed by atoms with van der Waals surface area (Å²) in [6.45, 7) is 14.5. The third-order valence-corrected chi connectivity index (χ3v) is 12.6. The van der Waals surface area contributed by atoms with Crippen molar-refractivity contribution in [2.24, 2.45) is 0 Å². The highest BCUT2D eigenvalue weighted by Gasteiger charge is 2.54. The van der Waals surface area contributed by atoms with Crippen molar-refractivity contribution < 1.29 is 34.0 Å². The average Bonchev–Trinajstić information content (AvgIpc) is 3.88. The predicted molar refractivity (Wildman–Crippen MR) is 237 cm³/mol. The van der Waals surface area contributed by atoms with Crippen molar-refractivity contribution in [1.82, 2.24) is 19.9 Å². The molecule has 0 aliphatic carbocycles. The van der Waals surface area contributed by atoms with Crippen molar-refractivity contribution in [1.29, 1.82) is 0 Å². The van der Waals surface area contributed by atoms with E-state index in [2.05, 4.69) is 36.8 Å². The first-order chi connectivity index (χ1) is 28.7. The highest BCUT2D eigenvalue weighted by Crippen LogP contribution is 2.51. The van der Waals surface area contributed by atoms with E-state index in [0.717, 1.165) is 79.8 Å². The quantitative estimate of drug-likeness (QED) is 0.0638. The summed E-state index contributed by atoms with van der Waals surface area (Å²) in [5.41, 5.74) is 8.63. The number of carbonyl (C=O) groups excluding carboxylic acids is 2. The second kappa shape index (κ2) is 18.6. The van der Waals surface area contributed by atoms with Crippen molar-refractivity contribution in [3.05, 3.63) is 87.5 Å². The molecule has 0 fully saturated rings. The molecule has 2 atom stereocenters. The number of carbonyl (C=O) groups is 2. The molecular formula is C49H62N4O7. The lowest BCUT2D eigenvalue weighted by molar-refractivity contribution is -0.148. The summed E-state index contributed by atoms with van der Waals surface area (Å²) in [6, 6.07) is 13.7. The van der Waals surface area contributed by atoms with Gasteiger partial charge in [-0.3, -0.25) is 14.6 Å². The Bertz CT molecular complexity index is 2440. The first kappa shape index (κ1) is 44.3. The van der Waals surface area contributed by atoms with Crippen LogP contribution in [-0.4, -0.2) is 62.9 Å². The summed E-state index contributed by atoms with van der Waals surface area (Å²) in [5, 5.41) is 25.3. The molecule has 2 aliphatic rings. The second-order valence-electron chi connectivity index (χ2n) is 16.3. The number of esters is 2. The highest BCUT2D eigenvalue weighted by atomic mass is 16.5. The summed E-state index contributed by atoms with van der Waals surface area (Å²) in [6.07, 6.45) is 7.78. The number of methoxy groups -OCH3 is 2. The molecule has 0 spiro atoms. The van der Waals surface area contributed by atoms with Gasteiger partial charge in [0, 0.05) is 40.5 Å². The van der Waals surface area contributed by atoms with E-state index in [4.69, 9.17) is 24.2 Å². The van der Waals surface area contributed by atoms with E-state index in [1.54, 1.807) is 6.92 Å². The SMILES string of the molecule is CCCCCCCOc1ccc(-c2c3nc(cc4[nH]c(cc5[nH]c(cc6nc2C(C)(O)C6(O)CC)c(C)c5CCC(=O)OC)c(CCC(=O)OC)c4C)C(CC)=C3C)cc1. The number of aromatic nitrogens is 4. The molecule has 2 unspecified atom stereocenters. The van der Waals surface area contributed by atoms with Gasteiger partial charge in [0.05, 0.1) is 43.6 Å². The molecule has 4 N–H and O–H groups in total. The van der Waals surface area contributed by atoms with Gasteiger partial charge < -0.3 is 34.4 Å². The molecule has 0 saturated carbocycles. The van der Waals surface area contributed by atoms with Crippen LogP contribution in [0.2, 0.25) is 0 Å². The van der Waals surface area contributed by atoms with Gasteiger partial charge in [0.1, 0.15) is 17.0 Å². The van der Waals surface area contributed by atoms with E-state index in [1.807, 2.05) is 57.2 Å². The number of hydrogen-bond donors (Lipinski definition) is 4. The Morgan fingerprint density at radius 1 is 0.750 bits per heavy atom. The number of nitrogens with one attached hydrogen (secondary N) is 2. The van der Waals surface area contributed by atoms with E-state index >= 15 is 0 Å². The molecule has 5 heterocycles. The Morgan fingerprint density at radius 2 is 1.33 bits per heavy atom. The van der Waals surface area contributed by atoms with Crippen LogP contribution in [0.15, 0.2) is 42.5 Å². The van der Waals surface area contributed by atoms with Crippen LogP contribution in [-0.2, 0) is 43.1 Å². The lowest BCUT2D eigenvalue weighted by Gasteiger charge is -2.35. The molecule has 0 amide bonds. The normalized spacial score (nSPS) is 17.6. The molecule has 6 rings (SSSR count). The van der Waals surface area contributed by atoms with Gasteiger partial charge in [-0.05, 0) is 129 Å². The lowest BCUT2D eigenvalue weighted by atomic mass is 9.77. The molecule has 60 heavy (non-hydrogen) atoms. The summed E-state index contributed by atoms with van der Waals surface area (Å²) in [4.78, 5) is 42.6. The van der Waals surface area contributed by atoms with Crippen molar-refractivity contribution in [3.63, 3.8) is 0 Å². The number of nitrogens with zero attached hydrogens (tertiary/aromatic N) is 2. The number of allylic oxidation sites excluding steroid dienone is 2. The maximum atomic E-state index is 12.7. The van der Waals surface area contributed by atoms with Crippen LogP contribution in [0.1, 0.15) is 137 Å². The second-order valence-corrected chi connectivity index (χ2v) is 16.3. The molecule has 0 saturated heterocycles. The van der Waals surface area contributed by atoms with Gasteiger partial charge in [0.25, 0.3) is 0 Å². The van der Waals surface area contributed by atoms with Crippen LogP contribution < -0.4 is 4.74 Å². The van der Waals surface area contributed by atoms with Gasteiger partial charge in [-0.1, -0.05) is 58.6 Å². The fraction of sp³-hybridized carbons (Fsp3) is 0.469. The molecule has 320 valence electrons. The molecular weight excluding hydrogens is 757 g/mol. The molecule has 11 nitrogen and oxygen atoms in total. The molecule has 4 aromatic rings. The Kier molecular flexibility index (Phi) is 13.7. The minimum atomic E-state index is -1.82. The minimum absolute atomic E-state index is 0.158. The average molecular weight is 819 g/mol. The van der Waals surface area contributed by atoms with Crippen LogP contribution in [0.5, 0.6) is 5.75 Å². The number of aromatic amines is 2. The molecule has 1 aromatic carbocycles. The third-order valence-electron chi connectivity index (χ3n) is 12.6. The topological polar surface area (TPSA) is 160 Å². The largest absolute Gasteiger partial charge is 0.494 e. The fourth-order valence-electron chi connectivity index (χ4n) is 8.77. The van der Waals surface area contributed by atoms with Crippen LogP contribution in [0.25, 0.3) is 44.3 Å². The number of unbranched alkanes of at least 4 members (excludes halogenated alkanes) is 4. The number of rotatable bonds is 16. The number of aliphatic hydroxyl groups is 2. The summed E-state index contributed by atoms with van der Waals surface area (Å²) in [5.74, 6) is 0.116. The van der Waals surface area contributed by atoms with Gasteiger partial charge in [0.15, 0.2) is 0 Å². The fourth-order valence-corrected chi connectivity index (χ4v) is 8.77. The molecule has 2 aliphatic heterocycles. The molecule has 11 heteroatoms. The molecule has 0 radical (unpaired) electrons. The molecule has 3 aromatic heterocycles. The Morgan fingerprint density at radius 3 is 1.88 bits per heavy atom. The number of ether oxygens (including phenoxy) is 3. The van der Waals surface area contributed by atoms with E-state index in [9.17, 15) is 19.8 Å². The van der Waals surface area contributed by atoms with Crippen molar-refractivity contribution in [3.8, 4) is 16.9 Å². The number of H-pyrrole nitrogens is 2. The van der Waals surface area contributed by atoms with Crippen molar-refractivity contribution in [2.45, 2.75) is 130 Å². The lowest BCUT2D eigenvalue weighted by Crippen LogP contribution is -2.43.